The second-order valence-corrected chi connectivity index (χ2v) is 7.19. The molecule has 1 N–H and O–H groups in total. The average molecular weight is 367 g/mol. The van der Waals surface area contributed by atoms with Gasteiger partial charge in [-0.3, -0.25) is 14.7 Å². The molecule has 2 aromatic rings. The Labute approximate surface area is 159 Å². The zero-order valence-corrected chi connectivity index (χ0v) is 15.3. The van der Waals surface area contributed by atoms with E-state index in [0.29, 0.717) is 18.1 Å². The number of hydrogen-bond donors (Lipinski definition) is 1. The van der Waals surface area contributed by atoms with Crippen LogP contribution >= 0.6 is 0 Å². The van der Waals surface area contributed by atoms with E-state index in [9.17, 15) is 4.79 Å². The van der Waals surface area contributed by atoms with Crippen molar-refractivity contribution in [3.8, 4) is 11.5 Å². The van der Waals surface area contributed by atoms with Crippen LogP contribution in [0, 0.1) is 5.92 Å². The summed E-state index contributed by atoms with van der Waals surface area (Å²) in [6.45, 7) is 4.24. The molecule has 1 aromatic carbocycles. The Morgan fingerprint density at radius 3 is 2.74 bits per heavy atom. The molecule has 2 aliphatic rings. The Morgan fingerprint density at radius 1 is 1.15 bits per heavy atom. The van der Waals surface area contributed by atoms with Gasteiger partial charge in [0.25, 0.3) is 5.91 Å². The molecule has 1 amide bonds. The van der Waals surface area contributed by atoms with Crippen LogP contribution in [0.1, 0.15) is 23.2 Å². The number of rotatable bonds is 5. The molecule has 0 bridgehead atoms. The van der Waals surface area contributed by atoms with Crippen molar-refractivity contribution in [2.45, 2.75) is 18.9 Å². The van der Waals surface area contributed by atoms with Crippen LogP contribution in [-0.4, -0.2) is 54.7 Å². The van der Waals surface area contributed by atoms with Crippen LogP contribution in [-0.2, 0) is 0 Å². The number of hydrogen-bond acceptors (Lipinski definition) is 5. The van der Waals surface area contributed by atoms with Crippen molar-refractivity contribution in [2.75, 3.05) is 32.8 Å². The first-order valence-corrected chi connectivity index (χ1v) is 9.57. The van der Waals surface area contributed by atoms with Crippen LogP contribution in [0.4, 0.5) is 0 Å². The minimum Gasteiger partial charge on any atom is -0.486 e. The summed E-state index contributed by atoms with van der Waals surface area (Å²) >= 11 is 0. The topological polar surface area (TPSA) is 63.7 Å². The highest BCUT2D eigenvalue weighted by Crippen LogP contribution is 2.31. The predicted molar refractivity (Wildman–Crippen MR) is 102 cm³/mol. The summed E-state index contributed by atoms with van der Waals surface area (Å²) in [5.41, 5.74) is 0.615. The molecule has 0 spiro atoms. The monoisotopic (exact) mass is 367 g/mol. The molecule has 1 fully saturated rings. The fraction of sp³-hybridized carbons (Fsp3) is 0.429. The molecule has 1 aromatic heterocycles. The summed E-state index contributed by atoms with van der Waals surface area (Å²) < 4.78 is 11.9. The lowest BCUT2D eigenvalue weighted by molar-refractivity contribution is 0.0476. The lowest BCUT2D eigenvalue weighted by Crippen LogP contribution is -2.45. The lowest BCUT2D eigenvalue weighted by atomic mass is 9.96. The molecule has 27 heavy (non-hydrogen) atoms. The maximum Gasteiger partial charge on any atom is 0.252 e. The van der Waals surface area contributed by atoms with Gasteiger partial charge >= 0.3 is 0 Å². The molecule has 0 radical (unpaired) electrons. The van der Waals surface area contributed by atoms with Gasteiger partial charge in [-0.2, -0.15) is 0 Å². The number of nitrogens with one attached hydrogen (secondary N) is 1. The smallest absolute Gasteiger partial charge is 0.252 e. The second-order valence-electron chi connectivity index (χ2n) is 7.19. The van der Waals surface area contributed by atoms with Crippen LogP contribution in [0.3, 0.4) is 0 Å². The number of aromatic nitrogens is 1. The normalized spacial score (nSPS) is 20.2. The molecular formula is C21H25N3O3. The largest absolute Gasteiger partial charge is 0.486 e. The Hall–Kier alpha value is -2.60. The molecule has 2 aliphatic heterocycles. The van der Waals surface area contributed by atoms with E-state index < -0.39 is 0 Å². The van der Waals surface area contributed by atoms with Crippen molar-refractivity contribution in [1.82, 2.24) is 15.2 Å². The van der Waals surface area contributed by atoms with Gasteiger partial charge in [0.15, 0.2) is 11.5 Å². The molecule has 6 nitrogen and oxygen atoms in total. The molecule has 0 saturated carbocycles. The Kier molecular flexibility index (Phi) is 5.53. The van der Waals surface area contributed by atoms with Crippen molar-refractivity contribution in [2.24, 2.45) is 5.92 Å². The molecule has 4 rings (SSSR count). The molecule has 142 valence electrons. The Morgan fingerprint density at radius 2 is 1.96 bits per heavy atom. The number of carbonyl (C=O) groups excluding carboxylic acids is 1. The van der Waals surface area contributed by atoms with E-state index >= 15 is 0 Å². The van der Waals surface area contributed by atoms with Crippen molar-refractivity contribution in [3.05, 3.63) is 54.4 Å². The third-order valence-electron chi connectivity index (χ3n) is 5.21. The van der Waals surface area contributed by atoms with Crippen LogP contribution in [0.25, 0.3) is 0 Å². The zero-order chi connectivity index (χ0) is 18.5. The minimum atomic E-state index is -0.0445. The molecule has 1 saturated heterocycles. The number of ether oxygens (including phenoxy) is 2. The highest BCUT2D eigenvalue weighted by Gasteiger charge is 2.26. The summed E-state index contributed by atoms with van der Waals surface area (Å²) in [7, 11) is 0. The van der Waals surface area contributed by atoms with Gasteiger partial charge in [-0.1, -0.05) is 12.1 Å². The average Bonchev–Trinajstić information content (AvgIpc) is 2.73. The number of nitrogens with zero attached hydrogens (tertiary/aromatic N) is 2. The van der Waals surface area contributed by atoms with E-state index in [0.717, 1.165) is 50.5 Å². The van der Waals surface area contributed by atoms with Gasteiger partial charge in [0.05, 0.1) is 5.56 Å². The van der Waals surface area contributed by atoms with Crippen molar-refractivity contribution >= 4 is 5.91 Å². The summed E-state index contributed by atoms with van der Waals surface area (Å²) in [5.74, 6) is 2.14. The summed E-state index contributed by atoms with van der Waals surface area (Å²) in [6, 6.07) is 11.4. The van der Waals surface area contributed by atoms with Crippen molar-refractivity contribution < 1.29 is 14.3 Å². The fourth-order valence-electron chi connectivity index (χ4n) is 3.65. The van der Waals surface area contributed by atoms with Gasteiger partial charge < -0.3 is 14.8 Å². The van der Waals surface area contributed by atoms with Gasteiger partial charge in [0.1, 0.15) is 12.7 Å². The molecule has 0 aliphatic carbocycles. The first-order valence-electron chi connectivity index (χ1n) is 9.57. The molecule has 1 atom stereocenters. The number of pyridine rings is 1. The number of carbonyl (C=O) groups is 1. The number of fused-ring (bicyclic) bond motifs is 1. The molecule has 3 heterocycles. The second kappa shape index (κ2) is 8.39. The third kappa shape index (κ3) is 4.57. The molecule has 6 heteroatoms. The fourth-order valence-corrected chi connectivity index (χ4v) is 3.65. The first-order chi connectivity index (χ1) is 13.3. The van der Waals surface area contributed by atoms with Crippen LogP contribution in [0.5, 0.6) is 11.5 Å². The number of likely N-dealkylation sites (tertiary alicyclic amines) is 1. The standard InChI is InChI=1S/C21H25N3O3/c25-21(17-4-3-9-22-13-17)23-12-16-7-10-24(11-8-16)14-18-15-26-19-5-1-2-6-20(19)27-18/h1-6,9,13,16,18H,7-8,10-12,14-15H2,(H,23,25). The van der Waals surface area contributed by atoms with Crippen molar-refractivity contribution in [3.63, 3.8) is 0 Å². The van der Waals surface area contributed by atoms with Gasteiger partial charge in [0.2, 0.25) is 0 Å². The number of amides is 1. The highest BCUT2D eigenvalue weighted by atomic mass is 16.6. The zero-order valence-electron chi connectivity index (χ0n) is 15.3. The third-order valence-corrected chi connectivity index (χ3v) is 5.21. The first kappa shape index (κ1) is 17.8. The quantitative estimate of drug-likeness (QED) is 0.879. The summed E-state index contributed by atoms with van der Waals surface area (Å²) in [5, 5.41) is 3.03. The van der Waals surface area contributed by atoms with E-state index in [2.05, 4.69) is 15.2 Å². The number of para-hydroxylation sites is 2. The predicted octanol–water partition coefficient (Wildman–Crippen LogP) is 2.36. The van der Waals surface area contributed by atoms with Gasteiger partial charge in [-0.15, -0.1) is 0 Å². The maximum absolute atomic E-state index is 12.1. The molecule has 1 unspecified atom stereocenters. The Balaban J connectivity index is 1.19. The Bertz CT molecular complexity index is 760. The number of piperidine rings is 1. The minimum absolute atomic E-state index is 0.0445. The van der Waals surface area contributed by atoms with E-state index in [4.69, 9.17) is 9.47 Å². The highest BCUT2D eigenvalue weighted by molar-refractivity contribution is 5.93. The summed E-state index contributed by atoms with van der Waals surface area (Å²) in [4.78, 5) is 18.5. The van der Waals surface area contributed by atoms with Crippen LogP contribution < -0.4 is 14.8 Å². The summed E-state index contributed by atoms with van der Waals surface area (Å²) in [6.07, 6.45) is 5.51. The van der Waals surface area contributed by atoms with E-state index in [1.807, 2.05) is 24.3 Å². The number of benzene rings is 1. The van der Waals surface area contributed by atoms with E-state index in [-0.39, 0.29) is 12.0 Å². The van der Waals surface area contributed by atoms with E-state index in [1.165, 1.54) is 0 Å². The van der Waals surface area contributed by atoms with Gasteiger partial charge in [-0.05, 0) is 56.1 Å². The van der Waals surface area contributed by atoms with Gasteiger partial charge in [0, 0.05) is 25.5 Å². The van der Waals surface area contributed by atoms with E-state index in [1.54, 1.807) is 24.5 Å². The van der Waals surface area contributed by atoms with Crippen LogP contribution in [0.2, 0.25) is 0 Å². The SMILES string of the molecule is O=C(NCC1CCN(CC2COc3ccccc3O2)CC1)c1cccnc1. The maximum atomic E-state index is 12.1. The van der Waals surface area contributed by atoms with Crippen molar-refractivity contribution in [1.29, 1.82) is 0 Å². The van der Waals surface area contributed by atoms with Gasteiger partial charge in [-0.25, -0.2) is 0 Å². The lowest BCUT2D eigenvalue weighted by Gasteiger charge is -2.35. The van der Waals surface area contributed by atoms with Crippen LogP contribution in [0.15, 0.2) is 48.8 Å². The molecular weight excluding hydrogens is 342 g/mol.